The first-order chi connectivity index (χ1) is 12.9. The summed E-state index contributed by atoms with van der Waals surface area (Å²) in [4.78, 5) is 23.9. The first-order valence-electron chi connectivity index (χ1n) is 9.34. The van der Waals surface area contributed by atoms with Crippen LogP contribution in [0.5, 0.6) is 0 Å². The lowest BCUT2D eigenvalue weighted by Crippen LogP contribution is -2.31. The Labute approximate surface area is 172 Å². The van der Waals surface area contributed by atoms with Gasteiger partial charge in [-0.05, 0) is 58.4 Å². The Morgan fingerprint density at radius 3 is 2.43 bits per heavy atom. The Morgan fingerprint density at radius 1 is 1.07 bits per heavy atom. The summed E-state index contributed by atoms with van der Waals surface area (Å²) in [6.07, 6.45) is 1.64. The zero-order valence-corrected chi connectivity index (χ0v) is 17.9. The van der Waals surface area contributed by atoms with Crippen LogP contribution < -0.4 is 5.32 Å². The molecule has 1 N–H and O–H groups in total. The number of pyridine rings is 2. The number of amides is 1. The fourth-order valence-electron chi connectivity index (χ4n) is 3.24. The van der Waals surface area contributed by atoms with Crippen LogP contribution in [0.3, 0.4) is 0 Å². The summed E-state index contributed by atoms with van der Waals surface area (Å²) in [7, 11) is 0. The second kappa shape index (κ2) is 9.02. The smallest absolute Gasteiger partial charge is 0.257 e. The van der Waals surface area contributed by atoms with Crippen molar-refractivity contribution in [1.29, 1.82) is 0 Å². The number of benzene rings is 1. The highest BCUT2D eigenvalue weighted by atomic mass is 35.5. The van der Waals surface area contributed by atoms with Crippen LogP contribution in [0, 0.1) is 20.8 Å². The highest BCUT2D eigenvalue weighted by molar-refractivity contribution is 6.07. The second-order valence-electron chi connectivity index (χ2n) is 6.79. The number of hydrogen-bond acceptors (Lipinski definition) is 4. The zero-order chi connectivity index (χ0) is 19.6. The number of aryl methyl sites for hydroxylation is 3. The molecule has 0 spiro atoms. The third kappa shape index (κ3) is 4.25. The maximum Gasteiger partial charge on any atom is 0.257 e. The van der Waals surface area contributed by atoms with Gasteiger partial charge in [0.05, 0.1) is 11.3 Å². The third-order valence-corrected chi connectivity index (χ3v) is 4.79. The summed E-state index contributed by atoms with van der Waals surface area (Å²) in [6.45, 7) is 11.3. The summed E-state index contributed by atoms with van der Waals surface area (Å²) >= 11 is 0. The standard InChI is InChI=1S/C22H26N4O.ClH/c1-6-26(7-2)22(27)18-13-23-21-17(10-9-16(5)24-21)20(18)25-19-11-8-14(3)12-15(19)4;/h8-13H,6-7H2,1-5H3,(H,23,24,25);1H. The molecule has 1 aromatic carbocycles. The number of nitrogens with zero attached hydrogens (tertiary/aromatic N) is 3. The molecule has 0 radical (unpaired) electrons. The molecule has 0 aliphatic carbocycles. The SMILES string of the molecule is CCN(CC)C(=O)c1cnc2nc(C)ccc2c1Nc1ccc(C)cc1C.Cl. The molecule has 0 saturated carbocycles. The lowest BCUT2D eigenvalue weighted by atomic mass is 10.1. The van der Waals surface area contributed by atoms with Crippen LogP contribution >= 0.6 is 12.4 Å². The van der Waals surface area contributed by atoms with Crippen molar-refractivity contribution in [3.05, 3.63) is 58.9 Å². The number of carbonyl (C=O) groups is 1. The van der Waals surface area contributed by atoms with Gasteiger partial charge in [0.1, 0.15) is 0 Å². The predicted octanol–water partition coefficient (Wildman–Crippen LogP) is 5.20. The molecular weight excluding hydrogens is 372 g/mol. The van der Waals surface area contributed by atoms with E-state index in [1.54, 1.807) is 11.1 Å². The molecule has 0 atom stereocenters. The topological polar surface area (TPSA) is 58.1 Å². The minimum absolute atomic E-state index is 0. The fourth-order valence-corrected chi connectivity index (χ4v) is 3.24. The summed E-state index contributed by atoms with van der Waals surface area (Å²) in [5, 5.41) is 4.33. The van der Waals surface area contributed by atoms with E-state index in [2.05, 4.69) is 41.3 Å². The van der Waals surface area contributed by atoms with Crippen LogP contribution in [0.2, 0.25) is 0 Å². The molecule has 0 bridgehead atoms. The summed E-state index contributed by atoms with van der Waals surface area (Å²) < 4.78 is 0. The van der Waals surface area contributed by atoms with E-state index in [-0.39, 0.29) is 18.3 Å². The molecule has 2 aromatic heterocycles. The Balaban J connectivity index is 0.00000280. The van der Waals surface area contributed by atoms with Gasteiger partial charge in [0.25, 0.3) is 5.91 Å². The Hall–Kier alpha value is -2.66. The molecule has 0 saturated heterocycles. The van der Waals surface area contributed by atoms with Crippen molar-refractivity contribution >= 4 is 40.7 Å². The molecule has 1 amide bonds. The summed E-state index contributed by atoms with van der Waals surface area (Å²) in [5.41, 5.74) is 6.17. The van der Waals surface area contributed by atoms with Gasteiger partial charge in [-0.25, -0.2) is 9.97 Å². The molecule has 5 nitrogen and oxygen atoms in total. The number of fused-ring (bicyclic) bond motifs is 1. The van der Waals surface area contributed by atoms with Crippen molar-refractivity contribution in [2.45, 2.75) is 34.6 Å². The molecule has 3 aromatic rings. The zero-order valence-electron chi connectivity index (χ0n) is 17.0. The highest BCUT2D eigenvalue weighted by Gasteiger charge is 2.20. The Morgan fingerprint density at radius 2 is 1.79 bits per heavy atom. The Bertz CT molecular complexity index is 999. The van der Waals surface area contributed by atoms with E-state index >= 15 is 0 Å². The van der Waals surface area contributed by atoms with Gasteiger partial charge < -0.3 is 10.2 Å². The molecule has 6 heteroatoms. The van der Waals surface area contributed by atoms with Crippen LogP contribution in [-0.4, -0.2) is 33.9 Å². The average molecular weight is 399 g/mol. The van der Waals surface area contributed by atoms with E-state index in [4.69, 9.17) is 0 Å². The third-order valence-electron chi connectivity index (χ3n) is 4.79. The van der Waals surface area contributed by atoms with E-state index in [0.717, 1.165) is 28.0 Å². The minimum Gasteiger partial charge on any atom is -0.354 e. The summed E-state index contributed by atoms with van der Waals surface area (Å²) in [6, 6.07) is 10.2. The van der Waals surface area contributed by atoms with E-state index < -0.39 is 0 Å². The van der Waals surface area contributed by atoms with Crippen LogP contribution in [0.4, 0.5) is 11.4 Å². The molecule has 0 fully saturated rings. The van der Waals surface area contributed by atoms with Gasteiger partial charge in [-0.2, -0.15) is 0 Å². The van der Waals surface area contributed by atoms with Gasteiger partial charge in [-0.3, -0.25) is 4.79 Å². The fraction of sp³-hybridized carbons (Fsp3) is 0.318. The number of aromatic nitrogens is 2. The van der Waals surface area contributed by atoms with Crippen LogP contribution in [0.15, 0.2) is 36.5 Å². The molecule has 28 heavy (non-hydrogen) atoms. The monoisotopic (exact) mass is 398 g/mol. The first kappa shape index (κ1) is 21.6. The number of carbonyl (C=O) groups excluding carboxylic acids is 1. The number of rotatable bonds is 5. The van der Waals surface area contributed by atoms with Crippen LogP contribution in [0.25, 0.3) is 11.0 Å². The van der Waals surface area contributed by atoms with Gasteiger partial charge in [0.2, 0.25) is 0 Å². The quantitative estimate of drug-likeness (QED) is 0.641. The normalized spacial score (nSPS) is 10.5. The van der Waals surface area contributed by atoms with Gasteiger partial charge in [0, 0.05) is 36.1 Å². The Kier molecular flexibility index (Phi) is 6.97. The van der Waals surface area contributed by atoms with Gasteiger partial charge >= 0.3 is 0 Å². The molecule has 3 rings (SSSR count). The van der Waals surface area contributed by atoms with Crippen LogP contribution in [-0.2, 0) is 0 Å². The number of halogens is 1. The maximum absolute atomic E-state index is 13.1. The lowest BCUT2D eigenvalue weighted by molar-refractivity contribution is 0.0774. The van der Waals surface area contributed by atoms with E-state index in [0.29, 0.717) is 24.3 Å². The predicted molar refractivity (Wildman–Crippen MR) is 118 cm³/mol. The van der Waals surface area contributed by atoms with Gasteiger partial charge in [-0.1, -0.05) is 17.7 Å². The van der Waals surface area contributed by atoms with Crippen molar-refractivity contribution in [3.63, 3.8) is 0 Å². The van der Waals surface area contributed by atoms with Crippen molar-refractivity contribution in [2.24, 2.45) is 0 Å². The molecular formula is C22H27ClN4O. The number of anilines is 2. The average Bonchev–Trinajstić information content (AvgIpc) is 2.64. The second-order valence-corrected chi connectivity index (χ2v) is 6.79. The molecule has 0 unspecified atom stereocenters. The minimum atomic E-state index is -0.0257. The van der Waals surface area contributed by atoms with Crippen LogP contribution in [0.1, 0.15) is 41.0 Å². The number of nitrogens with one attached hydrogen (secondary N) is 1. The molecule has 0 aliphatic rings. The van der Waals surface area contributed by atoms with E-state index in [1.165, 1.54) is 5.56 Å². The van der Waals surface area contributed by atoms with Crippen molar-refractivity contribution in [2.75, 3.05) is 18.4 Å². The largest absolute Gasteiger partial charge is 0.354 e. The van der Waals surface area contributed by atoms with E-state index in [1.807, 2.05) is 39.0 Å². The molecule has 2 heterocycles. The van der Waals surface area contributed by atoms with E-state index in [9.17, 15) is 4.79 Å². The van der Waals surface area contributed by atoms with Crippen molar-refractivity contribution in [3.8, 4) is 0 Å². The number of hydrogen-bond donors (Lipinski definition) is 1. The lowest BCUT2D eigenvalue weighted by Gasteiger charge is -2.22. The maximum atomic E-state index is 13.1. The summed E-state index contributed by atoms with van der Waals surface area (Å²) in [5.74, 6) is -0.0257. The van der Waals surface area contributed by atoms with Crippen molar-refractivity contribution in [1.82, 2.24) is 14.9 Å². The van der Waals surface area contributed by atoms with Crippen molar-refractivity contribution < 1.29 is 4.79 Å². The van der Waals surface area contributed by atoms with Gasteiger partial charge in [-0.15, -0.1) is 12.4 Å². The first-order valence-corrected chi connectivity index (χ1v) is 9.34. The molecule has 148 valence electrons. The highest BCUT2D eigenvalue weighted by Crippen LogP contribution is 2.31. The molecule has 0 aliphatic heterocycles. The van der Waals surface area contributed by atoms with Gasteiger partial charge in [0.15, 0.2) is 5.65 Å².